The Hall–Kier alpha value is -2.82. The Bertz CT molecular complexity index is 1070. The van der Waals surface area contributed by atoms with Gasteiger partial charge in [-0.05, 0) is 45.1 Å². The summed E-state index contributed by atoms with van der Waals surface area (Å²) in [4.78, 5) is 13.2. The first-order chi connectivity index (χ1) is 14.7. The number of anilines is 1. The number of aromatic nitrogens is 4. The molecule has 166 valence electrons. The smallest absolute Gasteiger partial charge is 0.223 e. The second-order valence-electron chi connectivity index (χ2n) is 7.66. The van der Waals surface area contributed by atoms with Gasteiger partial charge in [0.2, 0.25) is 5.95 Å². The predicted molar refractivity (Wildman–Crippen MR) is 126 cm³/mol. The summed E-state index contributed by atoms with van der Waals surface area (Å²) >= 11 is 6.46. The Morgan fingerprint density at radius 2 is 1.90 bits per heavy atom. The average molecular weight is 444 g/mol. The van der Waals surface area contributed by atoms with Crippen molar-refractivity contribution >= 4 is 28.6 Å². The molecule has 0 bridgehead atoms. The minimum absolute atomic E-state index is 0.135. The molecule has 0 spiro atoms. The minimum Gasteiger partial charge on any atom is -0.496 e. The van der Waals surface area contributed by atoms with Gasteiger partial charge in [-0.2, -0.15) is 4.98 Å². The van der Waals surface area contributed by atoms with Crippen LogP contribution in [0.4, 0.5) is 5.95 Å². The van der Waals surface area contributed by atoms with E-state index in [9.17, 15) is 5.11 Å². The molecule has 0 saturated carbocycles. The second-order valence-corrected chi connectivity index (χ2v) is 8.02. The summed E-state index contributed by atoms with van der Waals surface area (Å²) in [7, 11) is 1.67. The first kappa shape index (κ1) is 24.4. The van der Waals surface area contributed by atoms with Gasteiger partial charge >= 0.3 is 0 Å². The highest BCUT2D eigenvalue weighted by Crippen LogP contribution is 2.35. The van der Waals surface area contributed by atoms with Crippen LogP contribution in [0.3, 0.4) is 0 Å². The Morgan fingerprint density at radius 1 is 1.23 bits per heavy atom. The Morgan fingerprint density at radius 3 is 2.52 bits per heavy atom. The number of nitrogens with two attached hydrogens (primary N) is 1. The van der Waals surface area contributed by atoms with Gasteiger partial charge in [0.25, 0.3) is 0 Å². The number of nitrogens with zero attached hydrogens (tertiary/aromatic N) is 4. The van der Waals surface area contributed by atoms with E-state index in [0.29, 0.717) is 23.8 Å². The molecule has 8 heteroatoms. The number of pyridine rings is 1. The van der Waals surface area contributed by atoms with Gasteiger partial charge in [-0.1, -0.05) is 18.5 Å². The number of nitrogen functional groups attached to an aromatic ring is 1. The maximum Gasteiger partial charge on any atom is 0.223 e. The van der Waals surface area contributed by atoms with Crippen molar-refractivity contribution < 1.29 is 9.84 Å². The monoisotopic (exact) mass is 443 g/mol. The Labute approximate surface area is 188 Å². The predicted octanol–water partition coefficient (Wildman–Crippen LogP) is 4.25. The maximum atomic E-state index is 9.66. The fourth-order valence-corrected chi connectivity index (χ4v) is 4.00. The molecular formula is C23H30ClN5O2. The SMILES string of the molecule is C#C.COc1c(C)cnc(Cn2cc(C(C)CCC(C)O)c3c(Cl)nc(N)nc32)c1C. The van der Waals surface area contributed by atoms with Gasteiger partial charge in [0, 0.05) is 23.5 Å². The zero-order valence-corrected chi connectivity index (χ0v) is 19.4. The number of hydrogen-bond acceptors (Lipinski definition) is 6. The molecule has 0 aliphatic rings. The van der Waals surface area contributed by atoms with E-state index >= 15 is 0 Å². The molecule has 2 unspecified atom stereocenters. The van der Waals surface area contributed by atoms with Gasteiger partial charge in [-0.25, -0.2) is 4.98 Å². The number of rotatable bonds is 7. The highest BCUT2D eigenvalue weighted by Gasteiger charge is 2.21. The largest absolute Gasteiger partial charge is 0.496 e. The number of fused-ring (bicyclic) bond motifs is 1. The third-order valence-electron chi connectivity index (χ3n) is 5.34. The van der Waals surface area contributed by atoms with Crippen LogP contribution in [0.15, 0.2) is 12.4 Å². The van der Waals surface area contributed by atoms with E-state index < -0.39 is 0 Å². The molecule has 0 amide bonds. The van der Waals surface area contributed by atoms with Crippen molar-refractivity contribution in [3.05, 3.63) is 39.9 Å². The van der Waals surface area contributed by atoms with E-state index in [4.69, 9.17) is 22.1 Å². The van der Waals surface area contributed by atoms with E-state index in [0.717, 1.165) is 39.9 Å². The number of hydrogen-bond donors (Lipinski definition) is 2. The van der Waals surface area contributed by atoms with Crippen LogP contribution in [0.2, 0.25) is 5.15 Å². The van der Waals surface area contributed by atoms with Crippen LogP contribution in [0.5, 0.6) is 5.75 Å². The van der Waals surface area contributed by atoms with Crippen molar-refractivity contribution in [1.82, 2.24) is 19.5 Å². The lowest BCUT2D eigenvalue weighted by atomic mass is 9.95. The number of aliphatic hydroxyl groups is 1. The molecule has 7 nitrogen and oxygen atoms in total. The third kappa shape index (κ3) is 5.27. The molecule has 3 rings (SSSR count). The molecule has 0 fully saturated rings. The summed E-state index contributed by atoms with van der Waals surface area (Å²) in [5.74, 6) is 1.15. The minimum atomic E-state index is -0.347. The maximum absolute atomic E-state index is 9.66. The topological polar surface area (TPSA) is 99.1 Å². The third-order valence-corrected chi connectivity index (χ3v) is 5.61. The van der Waals surface area contributed by atoms with Gasteiger partial charge in [-0.15, -0.1) is 12.8 Å². The van der Waals surface area contributed by atoms with Crippen molar-refractivity contribution in [3.8, 4) is 18.6 Å². The number of methoxy groups -OCH3 is 1. The molecule has 0 aliphatic heterocycles. The molecule has 3 heterocycles. The van der Waals surface area contributed by atoms with Crippen molar-refractivity contribution in [1.29, 1.82) is 0 Å². The summed E-state index contributed by atoms with van der Waals surface area (Å²) in [6.07, 6.45) is 13.0. The van der Waals surface area contributed by atoms with E-state index in [1.165, 1.54) is 0 Å². The highest BCUT2D eigenvalue weighted by atomic mass is 35.5. The molecule has 0 aliphatic carbocycles. The lowest BCUT2D eigenvalue weighted by Crippen LogP contribution is -2.07. The molecule has 3 N–H and O–H groups in total. The van der Waals surface area contributed by atoms with Crippen molar-refractivity contribution in [2.75, 3.05) is 12.8 Å². The van der Waals surface area contributed by atoms with Crippen LogP contribution >= 0.6 is 11.6 Å². The normalized spacial score (nSPS) is 12.8. The second kappa shape index (κ2) is 10.5. The summed E-state index contributed by atoms with van der Waals surface area (Å²) < 4.78 is 7.55. The number of aryl methyl sites for hydroxylation is 1. The first-order valence-corrected chi connectivity index (χ1v) is 10.4. The van der Waals surface area contributed by atoms with Crippen LogP contribution in [0, 0.1) is 26.7 Å². The van der Waals surface area contributed by atoms with E-state index in [1.807, 2.05) is 30.8 Å². The van der Waals surface area contributed by atoms with Crippen molar-refractivity contribution in [2.24, 2.45) is 0 Å². The fraction of sp³-hybridized carbons (Fsp3) is 0.435. The molecule has 31 heavy (non-hydrogen) atoms. The number of aliphatic hydroxyl groups excluding tert-OH is 1. The van der Waals surface area contributed by atoms with Crippen molar-refractivity contribution in [2.45, 2.75) is 59.1 Å². The van der Waals surface area contributed by atoms with Gasteiger partial charge in [0.15, 0.2) is 0 Å². The van der Waals surface area contributed by atoms with E-state index in [1.54, 1.807) is 14.0 Å². The highest BCUT2D eigenvalue weighted by molar-refractivity contribution is 6.34. The quantitative estimate of drug-likeness (QED) is 0.418. The lowest BCUT2D eigenvalue weighted by molar-refractivity contribution is 0.179. The standard InChI is InChI=1S/C21H28ClN5O2.C2H2/c1-11(6-7-13(3)28)15-9-27(20-17(15)19(22)25-21(23)26-20)10-16-14(4)18(29-5)12(2)8-24-16;1-2/h8-9,11,13,28H,6-7,10H2,1-5H3,(H2,23,25,26);1-2H. The zero-order chi connectivity index (χ0) is 23.3. The average Bonchev–Trinajstić information content (AvgIpc) is 3.09. The van der Waals surface area contributed by atoms with Crippen LogP contribution in [-0.4, -0.2) is 37.8 Å². The first-order valence-electron chi connectivity index (χ1n) is 10.0. The fourth-order valence-electron chi connectivity index (χ4n) is 3.72. The van der Waals surface area contributed by atoms with Gasteiger partial charge < -0.3 is 20.1 Å². The van der Waals surface area contributed by atoms with Crippen molar-refractivity contribution in [3.63, 3.8) is 0 Å². The number of halogens is 1. The molecule has 2 atom stereocenters. The molecule has 0 saturated heterocycles. The van der Waals surface area contributed by atoms with Crippen LogP contribution in [0.1, 0.15) is 55.0 Å². The number of ether oxygens (including phenoxy) is 1. The van der Waals surface area contributed by atoms with Crippen LogP contribution in [-0.2, 0) is 6.54 Å². The lowest BCUT2D eigenvalue weighted by Gasteiger charge is -2.13. The summed E-state index contributed by atoms with van der Waals surface area (Å²) in [5.41, 5.74) is 10.5. The van der Waals surface area contributed by atoms with Gasteiger partial charge in [-0.3, -0.25) is 4.98 Å². The molecule has 3 aromatic rings. The molecule has 3 aromatic heterocycles. The Balaban J connectivity index is 0.00000166. The summed E-state index contributed by atoms with van der Waals surface area (Å²) in [6.45, 7) is 8.40. The molecule has 0 radical (unpaired) electrons. The molecule has 0 aromatic carbocycles. The van der Waals surface area contributed by atoms with Crippen LogP contribution < -0.4 is 10.5 Å². The zero-order valence-electron chi connectivity index (χ0n) is 18.7. The van der Waals surface area contributed by atoms with E-state index in [-0.39, 0.29) is 18.0 Å². The van der Waals surface area contributed by atoms with Crippen LogP contribution in [0.25, 0.3) is 11.0 Å². The molecular weight excluding hydrogens is 414 g/mol. The summed E-state index contributed by atoms with van der Waals surface area (Å²) in [6, 6.07) is 0. The van der Waals surface area contributed by atoms with Gasteiger partial charge in [0.05, 0.1) is 30.8 Å². The number of terminal acetylenes is 1. The van der Waals surface area contributed by atoms with E-state index in [2.05, 4.69) is 34.7 Å². The summed E-state index contributed by atoms with van der Waals surface area (Å²) in [5, 5.41) is 10.8. The Kier molecular flexibility index (Phi) is 8.26. The van der Waals surface area contributed by atoms with Gasteiger partial charge in [0.1, 0.15) is 16.5 Å².